The number of nitrogens with one attached hydrogen (secondary N) is 2. The Bertz CT molecular complexity index is 3640. The molecule has 11 heteroatoms. The lowest BCUT2D eigenvalue weighted by Gasteiger charge is -2.20. The van der Waals surface area contributed by atoms with E-state index in [1.807, 2.05) is 54.6 Å². The van der Waals surface area contributed by atoms with Crippen molar-refractivity contribution in [3.05, 3.63) is 220 Å². The van der Waals surface area contributed by atoms with E-state index in [0.717, 1.165) is 32.3 Å². The van der Waals surface area contributed by atoms with Gasteiger partial charge in [-0.15, -0.1) is 0 Å². The molecule has 0 radical (unpaired) electrons. The smallest absolute Gasteiger partial charge is 0.255 e. The summed E-state index contributed by atoms with van der Waals surface area (Å²) >= 11 is 0. The maximum absolute atomic E-state index is 14.4. The quantitative estimate of drug-likeness (QED) is 0.148. The molecule has 0 aliphatic heterocycles. The van der Waals surface area contributed by atoms with Crippen molar-refractivity contribution in [1.29, 1.82) is 0 Å². The van der Waals surface area contributed by atoms with Gasteiger partial charge in [-0.3, -0.25) is 43.7 Å². The maximum atomic E-state index is 14.4. The minimum atomic E-state index is -0.637. The van der Waals surface area contributed by atoms with E-state index in [2.05, 4.69) is 25.6 Å². The molecular weight excluding hydrogens is 863 g/mol. The molecule has 13 rings (SSSR count). The van der Waals surface area contributed by atoms with E-state index in [1.54, 1.807) is 91.4 Å². The van der Waals surface area contributed by atoms with Crippen molar-refractivity contribution < 1.29 is 28.8 Å². The average molecular weight is 894 g/mol. The standard InChI is InChI=1S/C58H31N5O6/c64-47(23-29-10-13-38-44(22-29)54(65)41-7-1-4-30-16-19-59-51(38)48(30)41)33-24-34(57(68)62-36-11-14-39-45(27-36)55(66)42-8-2-5-31-17-20-60-52(39)49(31)42)26-35(25-33)58(69)63-37-12-15-40-46(28-37)56(67)43-9-3-6-32-18-21-61-53(40)50(32)43/h1-22,24-28H,23H2,(H,62,68)(H,63,69). The second kappa shape index (κ2) is 15.0. The van der Waals surface area contributed by atoms with Crippen LogP contribution in [-0.2, 0) is 6.42 Å². The number of carbonyl (C=O) groups excluding carboxylic acids is 6. The summed E-state index contributed by atoms with van der Waals surface area (Å²) in [7, 11) is 0. The number of nitrogens with zero attached hydrogens (tertiary/aromatic N) is 3. The van der Waals surface area contributed by atoms with Gasteiger partial charge >= 0.3 is 0 Å². The van der Waals surface area contributed by atoms with Crippen LogP contribution in [0.4, 0.5) is 11.4 Å². The van der Waals surface area contributed by atoms with E-state index in [4.69, 9.17) is 0 Å². The van der Waals surface area contributed by atoms with Gasteiger partial charge in [-0.25, -0.2) is 0 Å². The first kappa shape index (κ1) is 39.7. The van der Waals surface area contributed by atoms with Gasteiger partial charge in [-0.2, -0.15) is 0 Å². The summed E-state index contributed by atoms with van der Waals surface area (Å²) in [6.07, 6.45) is 4.95. The van der Waals surface area contributed by atoms with E-state index < -0.39 is 17.6 Å². The van der Waals surface area contributed by atoms with Crippen LogP contribution in [0.2, 0.25) is 0 Å². The molecule has 0 bridgehead atoms. The Kier molecular flexibility index (Phi) is 8.61. The van der Waals surface area contributed by atoms with Crippen LogP contribution >= 0.6 is 0 Å². The Hall–Kier alpha value is -9.61. The number of hydrogen-bond donors (Lipinski definition) is 2. The third-order valence-electron chi connectivity index (χ3n) is 13.4. The van der Waals surface area contributed by atoms with Crippen molar-refractivity contribution in [3.63, 3.8) is 0 Å². The van der Waals surface area contributed by atoms with Gasteiger partial charge in [0.05, 0.1) is 17.1 Å². The van der Waals surface area contributed by atoms with Gasteiger partial charge in [0.1, 0.15) is 0 Å². The Morgan fingerprint density at radius 2 is 0.768 bits per heavy atom. The summed E-state index contributed by atoms with van der Waals surface area (Å²) in [6.45, 7) is 0. The van der Waals surface area contributed by atoms with Crippen LogP contribution in [0.5, 0.6) is 0 Å². The molecule has 11 nitrogen and oxygen atoms in total. The fourth-order valence-corrected chi connectivity index (χ4v) is 10.2. The molecule has 2 amide bonds. The molecule has 0 saturated heterocycles. The van der Waals surface area contributed by atoms with Crippen LogP contribution in [0.25, 0.3) is 66.1 Å². The Balaban J connectivity index is 0.842. The van der Waals surface area contributed by atoms with Gasteiger partial charge in [0.2, 0.25) is 0 Å². The Morgan fingerprint density at radius 3 is 1.20 bits per heavy atom. The number of ketones is 4. The van der Waals surface area contributed by atoms with Gasteiger partial charge in [0.15, 0.2) is 23.1 Å². The molecule has 7 aromatic carbocycles. The Labute approximate surface area is 391 Å². The van der Waals surface area contributed by atoms with E-state index >= 15 is 0 Å². The normalized spacial score (nSPS) is 12.7. The topological polar surface area (TPSA) is 165 Å². The number of pyridine rings is 3. The van der Waals surface area contributed by atoms with Crippen LogP contribution in [-0.4, -0.2) is 49.9 Å². The third kappa shape index (κ3) is 6.18. The highest BCUT2D eigenvalue weighted by Gasteiger charge is 2.30. The molecule has 0 saturated carbocycles. The fourth-order valence-electron chi connectivity index (χ4n) is 10.2. The molecule has 0 unspecified atom stereocenters. The minimum Gasteiger partial charge on any atom is -0.322 e. The van der Waals surface area contributed by atoms with Crippen LogP contribution in [0.15, 0.2) is 164 Å². The summed E-state index contributed by atoms with van der Waals surface area (Å²) < 4.78 is 0. The zero-order valence-electron chi connectivity index (χ0n) is 36.1. The zero-order chi connectivity index (χ0) is 46.7. The third-order valence-corrected chi connectivity index (χ3v) is 13.4. The first-order valence-electron chi connectivity index (χ1n) is 22.2. The van der Waals surface area contributed by atoms with E-state index in [1.165, 1.54) is 18.2 Å². The number of Topliss-reactive ketones (excluding diaryl/α,β-unsaturated/α-hetero) is 1. The summed E-state index contributed by atoms with van der Waals surface area (Å²) in [5, 5.41) is 10.8. The van der Waals surface area contributed by atoms with Crippen LogP contribution in [0.3, 0.4) is 0 Å². The number of amides is 2. The predicted molar refractivity (Wildman–Crippen MR) is 262 cm³/mol. The molecule has 324 valence electrons. The van der Waals surface area contributed by atoms with E-state index in [-0.39, 0.29) is 40.5 Å². The number of carbonyl (C=O) groups is 6. The molecule has 69 heavy (non-hydrogen) atoms. The summed E-state index contributed by atoms with van der Waals surface area (Å²) in [5.74, 6) is -2.28. The number of aromatic nitrogens is 3. The molecule has 3 heterocycles. The highest BCUT2D eigenvalue weighted by Crippen LogP contribution is 2.42. The van der Waals surface area contributed by atoms with Gasteiger partial charge in [-0.05, 0) is 101 Å². The van der Waals surface area contributed by atoms with E-state index in [0.29, 0.717) is 84.1 Å². The van der Waals surface area contributed by atoms with Gasteiger partial charge in [-0.1, -0.05) is 66.7 Å². The van der Waals surface area contributed by atoms with Crippen LogP contribution in [0.1, 0.15) is 84.4 Å². The monoisotopic (exact) mass is 893 g/mol. The molecule has 3 aromatic heterocycles. The highest BCUT2D eigenvalue weighted by molar-refractivity contribution is 6.28. The Morgan fingerprint density at radius 1 is 0.377 bits per heavy atom. The van der Waals surface area contributed by atoms with Gasteiger partial charge in [0, 0.05) is 119 Å². The molecule has 2 N–H and O–H groups in total. The largest absolute Gasteiger partial charge is 0.322 e. The molecule has 3 aliphatic carbocycles. The SMILES string of the molecule is O=C(Cc1ccc2c(c1)C(=O)c1cccc3ccnc-2c13)c1cc(C(=O)Nc2ccc3c(c2)C(=O)c2cccc4ccnc-3c24)cc(C(=O)Nc2ccc3c(c2)C(=O)c2cccc4ccnc-3c24)c1. The van der Waals surface area contributed by atoms with Crippen LogP contribution < -0.4 is 10.6 Å². The van der Waals surface area contributed by atoms with Crippen molar-refractivity contribution in [2.24, 2.45) is 0 Å². The average Bonchev–Trinajstić information content (AvgIpc) is 3.38. The van der Waals surface area contributed by atoms with Crippen molar-refractivity contribution in [3.8, 4) is 33.8 Å². The zero-order valence-corrected chi connectivity index (χ0v) is 36.1. The lowest BCUT2D eigenvalue weighted by molar-refractivity contribution is 0.0988. The van der Waals surface area contributed by atoms with Crippen molar-refractivity contribution >= 4 is 78.6 Å². The fraction of sp³-hybridized carbons (Fsp3) is 0.0172. The van der Waals surface area contributed by atoms with E-state index in [9.17, 15) is 28.8 Å². The van der Waals surface area contributed by atoms with Crippen LogP contribution in [0, 0.1) is 0 Å². The second-order valence-electron chi connectivity index (χ2n) is 17.4. The maximum Gasteiger partial charge on any atom is 0.255 e. The lowest BCUT2D eigenvalue weighted by Crippen LogP contribution is -2.19. The molecule has 0 fully saturated rings. The van der Waals surface area contributed by atoms with Crippen molar-refractivity contribution in [2.45, 2.75) is 6.42 Å². The first-order valence-corrected chi connectivity index (χ1v) is 22.2. The summed E-state index contributed by atoms with van der Waals surface area (Å²) in [6, 6.07) is 41.7. The molecular formula is C58H31N5O6. The number of hydrogen-bond acceptors (Lipinski definition) is 9. The number of anilines is 2. The number of fused-ring (bicyclic) bond motifs is 6. The van der Waals surface area contributed by atoms with Crippen molar-refractivity contribution in [2.75, 3.05) is 10.6 Å². The lowest BCUT2D eigenvalue weighted by atomic mass is 9.84. The predicted octanol–water partition coefficient (Wildman–Crippen LogP) is 10.9. The second-order valence-corrected chi connectivity index (χ2v) is 17.4. The minimum absolute atomic E-state index is 0.000355. The molecule has 10 aromatic rings. The summed E-state index contributed by atoms with van der Waals surface area (Å²) in [5.41, 5.74) is 7.94. The number of benzene rings is 7. The molecule has 3 aliphatic rings. The first-order chi connectivity index (χ1) is 33.7. The number of rotatable bonds is 7. The van der Waals surface area contributed by atoms with Crippen molar-refractivity contribution in [1.82, 2.24) is 15.0 Å². The molecule has 0 spiro atoms. The van der Waals surface area contributed by atoms with Gasteiger partial charge < -0.3 is 10.6 Å². The van der Waals surface area contributed by atoms with Gasteiger partial charge in [0.25, 0.3) is 11.8 Å². The highest BCUT2D eigenvalue weighted by atomic mass is 16.2. The molecule has 0 atom stereocenters. The summed E-state index contributed by atoms with van der Waals surface area (Å²) in [4.78, 5) is 98.4.